The molecule has 2 aromatic rings. The van der Waals surface area contributed by atoms with Crippen LogP contribution >= 0.6 is 11.6 Å². The van der Waals surface area contributed by atoms with Crippen LogP contribution in [0.5, 0.6) is 0 Å². The Hall–Kier alpha value is -2.34. The van der Waals surface area contributed by atoms with Crippen LogP contribution in [0.2, 0.25) is 5.02 Å². The quantitative estimate of drug-likeness (QED) is 0.839. The zero-order chi connectivity index (χ0) is 17.9. The monoisotopic (exact) mass is 349 g/mol. The van der Waals surface area contributed by atoms with Crippen molar-refractivity contribution in [3.05, 3.63) is 46.7 Å². The van der Waals surface area contributed by atoms with E-state index in [-0.39, 0.29) is 18.1 Å². The van der Waals surface area contributed by atoms with E-state index < -0.39 is 11.4 Å². The van der Waals surface area contributed by atoms with Crippen molar-refractivity contribution in [3.8, 4) is 5.69 Å². The third-order valence-corrected chi connectivity index (χ3v) is 4.02. The van der Waals surface area contributed by atoms with Gasteiger partial charge in [0, 0.05) is 17.3 Å². The van der Waals surface area contributed by atoms with Crippen LogP contribution in [0.1, 0.15) is 36.5 Å². The molecule has 1 amide bonds. The maximum atomic E-state index is 12.2. The summed E-state index contributed by atoms with van der Waals surface area (Å²) in [5.41, 5.74) is 0.962. The van der Waals surface area contributed by atoms with Crippen molar-refractivity contribution < 1.29 is 14.7 Å². The van der Waals surface area contributed by atoms with Crippen molar-refractivity contribution in [2.75, 3.05) is 6.54 Å². The highest BCUT2D eigenvalue weighted by atomic mass is 35.5. The summed E-state index contributed by atoms with van der Waals surface area (Å²) in [4.78, 5) is 23.3. The van der Waals surface area contributed by atoms with Gasteiger partial charge in [0.05, 0.1) is 11.1 Å². The smallest absolute Gasteiger partial charge is 0.309 e. The first-order valence-electron chi connectivity index (χ1n) is 7.55. The van der Waals surface area contributed by atoms with Gasteiger partial charge < -0.3 is 10.4 Å². The van der Waals surface area contributed by atoms with Crippen LogP contribution in [0.25, 0.3) is 5.69 Å². The molecule has 0 saturated heterocycles. The van der Waals surface area contributed by atoms with Gasteiger partial charge >= 0.3 is 5.97 Å². The molecule has 6 nitrogen and oxygen atoms in total. The van der Waals surface area contributed by atoms with Crippen LogP contribution in [-0.4, -0.2) is 33.3 Å². The van der Waals surface area contributed by atoms with Gasteiger partial charge in [-0.25, -0.2) is 4.68 Å². The predicted molar refractivity (Wildman–Crippen MR) is 91.7 cm³/mol. The van der Waals surface area contributed by atoms with Crippen LogP contribution in [0.15, 0.2) is 30.3 Å². The second-order valence-electron chi connectivity index (χ2n) is 6.26. The number of nitrogens with zero attached hydrogens (tertiary/aromatic N) is 2. The van der Waals surface area contributed by atoms with Gasteiger partial charge in [-0.15, -0.1) is 0 Å². The summed E-state index contributed by atoms with van der Waals surface area (Å²) in [5, 5.41) is 16.7. The number of aromatic nitrogens is 2. The SMILES string of the molecule is Cc1cc(C(=O)NCCC(C)(C)C(=O)O)nn1-c1cccc(Cl)c1. The van der Waals surface area contributed by atoms with Crippen LogP contribution < -0.4 is 5.32 Å². The molecule has 24 heavy (non-hydrogen) atoms. The van der Waals surface area contributed by atoms with Crippen molar-refractivity contribution in [1.29, 1.82) is 0 Å². The number of halogens is 1. The van der Waals surface area contributed by atoms with Gasteiger partial charge in [-0.1, -0.05) is 17.7 Å². The number of rotatable bonds is 6. The Labute approximate surface area is 145 Å². The van der Waals surface area contributed by atoms with Gasteiger partial charge in [-0.05, 0) is 51.5 Å². The number of hydrogen-bond donors (Lipinski definition) is 2. The maximum Gasteiger partial charge on any atom is 0.309 e. The number of carboxylic acids is 1. The molecule has 0 saturated carbocycles. The average molecular weight is 350 g/mol. The molecule has 1 aromatic heterocycles. The Morgan fingerprint density at radius 2 is 2.04 bits per heavy atom. The topological polar surface area (TPSA) is 84.2 Å². The van der Waals surface area contributed by atoms with Gasteiger partial charge in [0.1, 0.15) is 0 Å². The van der Waals surface area contributed by atoms with Crippen molar-refractivity contribution in [3.63, 3.8) is 0 Å². The molecule has 0 aliphatic carbocycles. The summed E-state index contributed by atoms with van der Waals surface area (Å²) in [5.74, 6) is -1.22. The van der Waals surface area contributed by atoms with E-state index in [0.29, 0.717) is 11.4 Å². The lowest BCUT2D eigenvalue weighted by Gasteiger charge is -2.18. The van der Waals surface area contributed by atoms with Gasteiger partial charge in [0.25, 0.3) is 5.91 Å². The van der Waals surface area contributed by atoms with E-state index in [2.05, 4.69) is 10.4 Å². The van der Waals surface area contributed by atoms with Crippen LogP contribution in [-0.2, 0) is 4.79 Å². The van der Waals surface area contributed by atoms with Crippen LogP contribution in [0, 0.1) is 12.3 Å². The highest BCUT2D eigenvalue weighted by Gasteiger charge is 2.26. The zero-order valence-electron chi connectivity index (χ0n) is 13.8. The molecule has 1 aromatic carbocycles. The molecular weight excluding hydrogens is 330 g/mol. The van der Waals surface area contributed by atoms with E-state index in [9.17, 15) is 9.59 Å². The zero-order valence-corrected chi connectivity index (χ0v) is 14.6. The van der Waals surface area contributed by atoms with Crippen molar-refractivity contribution in [2.24, 2.45) is 5.41 Å². The Morgan fingerprint density at radius 1 is 1.33 bits per heavy atom. The first kappa shape index (κ1) is 18.0. The first-order valence-corrected chi connectivity index (χ1v) is 7.93. The van der Waals surface area contributed by atoms with E-state index in [1.165, 1.54) is 0 Å². The molecule has 0 aliphatic heterocycles. The van der Waals surface area contributed by atoms with Crippen LogP contribution in [0.4, 0.5) is 0 Å². The minimum atomic E-state index is -0.891. The normalized spacial score (nSPS) is 11.3. The second kappa shape index (κ2) is 7.05. The second-order valence-corrected chi connectivity index (χ2v) is 6.69. The molecule has 0 spiro atoms. The summed E-state index contributed by atoms with van der Waals surface area (Å²) >= 11 is 5.98. The van der Waals surface area contributed by atoms with Crippen molar-refractivity contribution in [1.82, 2.24) is 15.1 Å². The molecule has 2 N–H and O–H groups in total. The van der Waals surface area contributed by atoms with Gasteiger partial charge in [-0.2, -0.15) is 5.10 Å². The summed E-state index contributed by atoms with van der Waals surface area (Å²) in [6.07, 6.45) is 0.335. The van der Waals surface area contributed by atoms with Gasteiger partial charge in [0.15, 0.2) is 5.69 Å². The first-order chi connectivity index (χ1) is 11.2. The van der Waals surface area contributed by atoms with Gasteiger partial charge in [-0.3, -0.25) is 9.59 Å². The summed E-state index contributed by atoms with van der Waals surface area (Å²) in [7, 11) is 0. The number of aliphatic carboxylic acids is 1. The number of amides is 1. The molecule has 0 aliphatic rings. The molecule has 2 rings (SSSR count). The molecule has 7 heteroatoms. The minimum Gasteiger partial charge on any atom is -0.481 e. The summed E-state index contributed by atoms with van der Waals surface area (Å²) in [6.45, 7) is 5.36. The molecule has 0 radical (unpaired) electrons. The number of carbonyl (C=O) groups excluding carboxylic acids is 1. The Kier molecular flexibility index (Phi) is 5.29. The number of hydrogen-bond acceptors (Lipinski definition) is 3. The molecule has 128 valence electrons. The molecule has 0 fully saturated rings. The minimum absolute atomic E-state index is 0.265. The van der Waals surface area contributed by atoms with Crippen molar-refractivity contribution in [2.45, 2.75) is 27.2 Å². The van der Waals surface area contributed by atoms with E-state index >= 15 is 0 Å². The van der Waals surface area contributed by atoms with E-state index in [0.717, 1.165) is 11.4 Å². The lowest BCUT2D eigenvalue weighted by Crippen LogP contribution is -2.32. The van der Waals surface area contributed by atoms with E-state index in [1.807, 2.05) is 19.1 Å². The Balaban J connectivity index is 2.07. The molecule has 1 heterocycles. The molecule has 0 bridgehead atoms. The number of carbonyl (C=O) groups is 2. The van der Waals surface area contributed by atoms with E-state index in [1.54, 1.807) is 36.7 Å². The third-order valence-electron chi connectivity index (χ3n) is 3.79. The Bertz CT molecular complexity index is 768. The Morgan fingerprint density at radius 3 is 2.67 bits per heavy atom. The number of aryl methyl sites for hydroxylation is 1. The predicted octanol–water partition coefficient (Wildman–Crippen LogP) is 3.06. The number of benzene rings is 1. The van der Waals surface area contributed by atoms with Crippen LogP contribution in [0.3, 0.4) is 0 Å². The largest absolute Gasteiger partial charge is 0.481 e. The highest BCUT2D eigenvalue weighted by Crippen LogP contribution is 2.20. The number of carboxylic acid groups (broad SMARTS) is 1. The third kappa shape index (κ3) is 4.14. The van der Waals surface area contributed by atoms with Gasteiger partial charge in [0.2, 0.25) is 0 Å². The molecule has 0 unspecified atom stereocenters. The standard InChI is InChI=1S/C17H20ClN3O3/c1-11-9-14(15(22)19-8-7-17(2,3)16(23)24)20-21(11)13-6-4-5-12(18)10-13/h4-6,9-10H,7-8H2,1-3H3,(H,19,22)(H,23,24). The fraction of sp³-hybridized carbons (Fsp3) is 0.353. The summed E-state index contributed by atoms with van der Waals surface area (Å²) < 4.78 is 1.64. The highest BCUT2D eigenvalue weighted by molar-refractivity contribution is 6.30. The fourth-order valence-corrected chi connectivity index (χ4v) is 2.33. The lowest BCUT2D eigenvalue weighted by atomic mass is 9.90. The number of nitrogens with one attached hydrogen (secondary N) is 1. The molecule has 0 atom stereocenters. The average Bonchev–Trinajstić information content (AvgIpc) is 2.89. The lowest BCUT2D eigenvalue weighted by molar-refractivity contribution is -0.147. The molecular formula is C17H20ClN3O3. The van der Waals surface area contributed by atoms with Crippen molar-refractivity contribution >= 4 is 23.5 Å². The maximum absolute atomic E-state index is 12.2. The summed E-state index contributed by atoms with van der Waals surface area (Å²) in [6, 6.07) is 8.87. The van der Waals surface area contributed by atoms with E-state index in [4.69, 9.17) is 16.7 Å². The fourth-order valence-electron chi connectivity index (χ4n) is 2.14.